The molecule has 47 heavy (non-hydrogen) atoms. The van der Waals surface area contributed by atoms with Crippen molar-refractivity contribution >= 4 is 75.0 Å². The molecule has 0 atom stereocenters. The lowest BCUT2D eigenvalue weighted by molar-refractivity contribution is 0.0596. The highest BCUT2D eigenvalue weighted by molar-refractivity contribution is 6.84. The van der Waals surface area contributed by atoms with Crippen molar-refractivity contribution in [3.8, 4) is 22.9 Å². The first-order valence-corrected chi connectivity index (χ1v) is 20.9. The molecule has 0 saturated heterocycles. The Hall–Kier alpha value is -4.09. The van der Waals surface area contributed by atoms with Crippen LogP contribution in [0.3, 0.4) is 0 Å². The maximum atomic E-state index is 14.6. The van der Waals surface area contributed by atoms with Crippen LogP contribution in [0.15, 0.2) is 18.2 Å². The van der Waals surface area contributed by atoms with Crippen molar-refractivity contribution < 1.29 is 46.9 Å². The highest BCUT2D eigenvalue weighted by Gasteiger charge is 2.35. The van der Waals surface area contributed by atoms with Gasteiger partial charge < -0.3 is 18.9 Å². The quantitative estimate of drug-likeness (QED) is 0.145. The van der Waals surface area contributed by atoms with Crippen LogP contribution < -0.4 is 10.2 Å². The van der Waals surface area contributed by atoms with E-state index >= 15 is 0 Å². The third-order valence-electron chi connectivity index (χ3n) is 5.15. The second kappa shape index (κ2) is 18.3. The van der Waals surface area contributed by atoms with Crippen LogP contribution in [0.5, 0.6) is 0 Å². The second-order valence-corrected chi connectivity index (χ2v) is 21.5. The van der Waals surface area contributed by atoms with Gasteiger partial charge in [-0.25, -0.2) is 28.0 Å². The zero-order valence-corrected chi connectivity index (χ0v) is 30.5. The number of halogens is 4. The third kappa shape index (κ3) is 12.9. The van der Waals surface area contributed by atoms with E-state index in [1.165, 1.54) is 13.2 Å². The first-order valence-electron chi connectivity index (χ1n) is 13.2. The van der Waals surface area contributed by atoms with E-state index < -0.39 is 68.3 Å². The third-order valence-corrected chi connectivity index (χ3v) is 7.46. The maximum Gasteiger partial charge on any atom is 0.423 e. The summed E-state index contributed by atoms with van der Waals surface area (Å²) in [7, 11) is 0.763. The molecule has 10 nitrogen and oxygen atoms in total. The number of anilines is 2. The van der Waals surface area contributed by atoms with E-state index in [4.69, 9.17) is 23.2 Å². The van der Waals surface area contributed by atoms with E-state index in [2.05, 4.69) is 66.8 Å². The minimum atomic E-state index is -1.92. The van der Waals surface area contributed by atoms with E-state index in [1.807, 2.05) is 19.6 Å². The number of amides is 3. The van der Waals surface area contributed by atoms with Crippen LogP contribution in [0.2, 0.25) is 49.3 Å². The number of carbonyl (C=O) groups is 4. The summed E-state index contributed by atoms with van der Waals surface area (Å²) in [4.78, 5) is 48.1. The number of nitrogens with one attached hydrogen (secondary N) is 1. The average molecular weight is 732 g/mol. The number of esters is 1. The Morgan fingerprint density at radius 1 is 0.745 bits per heavy atom. The number of ether oxygens (including phenoxy) is 4. The molecule has 0 heterocycles. The van der Waals surface area contributed by atoms with E-state index in [-0.39, 0.29) is 23.7 Å². The van der Waals surface area contributed by atoms with Crippen LogP contribution in [-0.4, -0.2) is 68.8 Å². The molecule has 0 unspecified atom stereocenters. The smallest absolute Gasteiger partial charge is 0.423 e. The SMILES string of the molecule is C.COC(=O)Nc1cc(F)c(Cl)cc1C#C[Si](C)(C)C.COC(=O)c1c(F)c(Cl)cc(C#C[Si](C)(C)C)c1N(C(=O)OC)C(=O)OC. The Balaban J connectivity index is 0.000000933. The largest absolute Gasteiger partial charge is 0.465 e. The predicted octanol–water partition coefficient (Wildman–Crippen LogP) is 8.36. The molecular formula is C31H38Cl2F2N2O8Si2. The van der Waals surface area contributed by atoms with Crippen molar-refractivity contribution in [2.75, 3.05) is 38.7 Å². The lowest BCUT2D eigenvalue weighted by Gasteiger charge is -2.22. The van der Waals surface area contributed by atoms with Gasteiger partial charge in [0, 0.05) is 11.6 Å². The fourth-order valence-electron chi connectivity index (χ4n) is 3.10. The molecule has 0 fully saturated rings. The van der Waals surface area contributed by atoms with Crippen LogP contribution >= 0.6 is 23.2 Å². The summed E-state index contributed by atoms with van der Waals surface area (Å²) >= 11 is 11.6. The summed E-state index contributed by atoms with van der Waals surface area (Å²) in [6.07, 6.45) is -3.09. The van der Waals surface area contributed by atoms with Gasteiger partial charge in [0.2, 0.25) is 0 Å². The Kier molecular flexibility index (Phi) is 16.7. The average Bonchev–Trinajstić information content (AvgIpc) is 2.97. The predicted molar refractivity (Wildman–Crippen MR) is 185 cm³/mol. The molecule has 2 aromatic rings. The van der Waals surface area contributed by atoms with Crippen LogP contribution in [0, 0.1) is 34.6 Å². The number of imide groups is 1. The van der Waals surface area contributed by atoms with Crippen molar-refractivity contribution in [3.63, 3.8) is 0 Å². The number of hydrogen-bond donors (Lipinski definition) is 1. The number of carbonyl (C=O) groups excluding carboxylic acids is 4. The molecule has 0 spiro atoms. The number of methoxy groups -OCH3 is 4. The molecule has 3 amide bonds. The lowest BCUT2D eigenvalue weighted by Crippen LogP contribution is -2.39. The van der Waals surface area contributed by atoms with Crippen molar-refractivity contribution in [1.82, 2.24) is 0 Å². The standard InChI is InChI=1S/C17H19ClFNO6Si.C13H15ClFNO2Si.CH4/c1-24-15(21)12-13(19)11(18)9-10(7-8-27(4,5)6)14(12)20(16(22)25-2)17(23)26-3;1-18-13(17)16-12-8-11(15)10(14)7-9(12)5-6-19(2,3)4;/h9H,1-6H3;7-8H,1-4H3,(H,16,17);1H4. The van der Waals surface area contributed by atoms with Gasteiger partial charge in [-0.2, -0.15) is 4.90 Å². The van der Waals surface area contributed by atoms with Gasteiger partial charge in [0.15, 0.2) is 5.82 Å². The molecule has 0 saturated carbocycles. The van der Waals surface area contributed by atoms with Crippen molar-refractivity contribution in [3.05, 3.63) is 56.6 Å². The van der Waals surface area contributed by atoms with Crippen molar-refractivity contribution in [1.29, 1.82) is 0 Å². The topological polar surface area (TPSA) is 120 Å². The van der Waals surface area contributed by atoms with Gasteiger partial charge in [-0.3, -0.25) is 5.32 Å². The minimum Gasteiger partial charge on any atom is -0.465 e. The Morgan fingerprint density at radius 3 is 1.64 bits per heavy atom. The summed E-state index contributed by atoms with van der Waals surface area (Å²) in [6, 6.07) is 3.65. The zero-order chi connectivity index (χ0) is 35.6. The number of rotatable bonds is 3. The molecule has 256 valence electrons. The summed E-state index contributed by atoms with van der Waals surface area (Å²) in [6.45, 7) is 12.1. The van der Waals surface area contributed by atoms with E-state index in [0.717, 1.165) is 33.5 Å². The maximum absolute atomic E-state index is 14.6. The second-order valence-electron chi connectivity index (χ2n) is 11.1. The molecule has 0 radical (unpaired) electrons. The molecule has 1 N–H and O–H groups in total. The molecule has 0 bridgehead atoms. The first-order chi connectivity index (χ1) is 21.2. The highest BCUT2D eigenvalue weighted by Crippen LogP contribution is 2.34. The normalized spacial score (nSPS) is 10.2. The molecule has 0 aromatic heterocycles. The molecule has 0 aliphatic heterocycles. The van der Waals surface area contributed by atoms with Gasteiger partial charge >= 0.3 is 24.2 Å². The van der Waals surface area contributed by atoms with Crippen LogP contribution in [-0.2, 0) is 18.9 Å². The fourth-order valence-corrected chi connectivity index (χ4v) is 4.48. The van der Waals surface area contributed by atoms with Gasteiger partial charge in [-0.05, 0) is 12.1 Å². The number of hydrogen-bond acceptors (Lipinski definition) is 8. The minimum absolute atomic E-state index is 0. The fraction of sp³-hybridized carbons (Fsp3) is 0.355. The van der Waals surface area contributed by atoms with Gasteiger partial charge in [0.05, 0.1) is 55.4 Å². The summed E-state index contributed by atoms with van der Waals surface area (Å²) < 4.78 is 46.3. The van der Waals surface area contributed by atoms with Gasteiger partial charge in [-0.15, -0.1) is 11.1 Å². The Bertz CT molecular complexity index is 1620. The van der Waals surface area contributed by atoms with Gasteiger partial charge in [0.25, 0.3) is 0 Å². The van der Waals surface area contributed by atoms with Gasteiger partial charge in [0.1, 0.15) is 27.5 Å². The van der Waals surface area contributed by atoms with E-state index in [9.17, 15) is 28.0 Å². The summed E-state index contributed by atoms with van der Waals surface area (Å²) in [5.74, 6) is 2.77. The summed E-state index contributed by atoms with van der Waals surface area (Å²) in [5.41, 5.74) is 5.63. The van der Waals surface area contributed by atoms with E-state index in [1.54, 1.807) is 0 Å². The summed E-state index contributed by atoms with van der Waals surface area (Å²) in [5, 5.41) is 1.96. The first kappa shape index (κ1) is 42.9. The van der Waals surface area contributed by atoms with Crippen LogP contribution in [0.4, 0.5) is 34.5 Å². The Morgan fingerprint density at radius 2 is 1.21 bits per heavy atom. The van der Waals surface area contributed by atoms with Crippen molar-refractivity contribution in [2.24, 2.45) is 0 Å². The number of nitrogens with zero attached hydrogens (tertiary/aromatic N) is 1. The molecule has 2 aromatic carbocycles. The van der Waals surface area contributed by atoms with Gasteiger partial charge in [-0.1, -0.05) is 81.8 Å². The lowest BCUT2D eigenvalue weighted by atomic mass is 10.1. The monoisotopic (exact) mass is 730 g/mol. The zero-order valence-electron chi connectivity index (χ0n) is 27.0. The highest BCUT2D eigenvalue weighted by atomic mass is 35.5. The van der Waals surface area contributed by atoms with Crippen LogP contribution in [0.25, 0.3) is 0 Å². The number of benzene rings is 2. The molecule has 0 aliphatic rings. The van der Waals surface area contributed by atoms with E-state index in [0.29, 0.717) is 10.5 Å². The molecule has 0 aliphatic carbocycles. The molecule has 16 heteroatoms. The molecule has 2 rings (SSSR count). The molecular weight excluding hydrogens is 693 g/mol. The van der Waals surface area contributed by atoms with Crippen LogP contribution in [0.1, 0.15) is 28.9 Å². The van der Waals surface area contributed by atoms with Crippen molar-refractivity contribution in [2.45, 2.75) is 46.7 Å². The Labute approximate surface area is 286 Å².